The van der Waals surface area contributed by atoms with Gasteiger partial charge in [-0.05, 0) is 34.9 Å². The highest BCUT2D eigenvalue weighted by Gasteiger charge is 2.13. The zero-order valence-electron chi connectivity index (χ0n) is 10.4. The van der Waals surface area contributed by atoms with E-state index < -0.39 is 0 Å². The van der Waals surface area contributed by atoms with Crippen LogP contribution in [0, 0.1) is 5.82 Å². The van der Waals surface area contributed by atoms with Gasteiger partial charge in [-0.3, -0.25) is 4.79 Å². The minimum Gasteiger partial charge on any atom is -0.309 e. The van der Waals surface area contributed by atoms with Crippen LogP contribution in [0.3, 0.4) is 0 Å². The molecule has 0 spiro atoms. The van der Waals surface area contributed by atoms with Crippen molar-refractivity contribution in [3.05, 3.63) is 70.5 Å². The number of nitrogens with one attached hydrogen (secondary N) is 1. The van der Waals surface area contributed by atoms with Gasteiger partial charge in [0.1, 0.15) is 5.82 Å². The number of carbonyl (C=O) groups excluding carboxylic acids is 1. The van der Waals surface area contributed by atoms with Crippen molar-refractivity contribution >= 4 is 5.78 Å². The highest BCUT2D eigenvalue weighted by molar-refractivity contribution is 5.97. The molecule has 3 rings (SSSR count). The summed E-state index contributed by atoms with van der Waals surface area (Å²) in [5.74, 6) is -0.207. The summed E-state index contributed by atoms with van der Waals surface area (Å²) in [5, 5.41) is 3.26. The number of hydrogen-bond acceptors (Lipinski definition) is 2. The maximum Gasteiger partial charge on any atom is 0.167 e. The van der Waals surface area contributed by atoms with Crippen molar-refractivity contribution in [1.82, 2.24) is 5.32 Å². The van der Waals surface area contributed by atoms with Crippen molar-refractivity contribution in [2.75, 3.05) is 0 Å². The molecule has 0 aliphatic carbocycles. The van der Waals surface area contributed by atoms with Crippen LogP contribution in [-0.4, -0.2) is 5.78 Å². The lowest BCUT2D eigenvalue weighted by Crippen LogP contribution is -2.04. The zero-order valence-corrected chi connectivity index (χ0v) is 10.4. The average Bonchev–Trinajstić information content (AvgIpc) is 2.88. The van der Waals surface area contributed by atoms with E-state index in [0.29, 0.717) is 6.42 Å². The first-order valence-corrected chi connectivity index (χ1v) is 6.32. The predicted molar refractivity (Wildman–Crippen MR) is 71.4 cm³/mol. The topological polar surface area (TPSA) is 29.1 Å². The van der Waals surface area contributed by atoms with E-state index in [1.807, 2.05) is 18.2 Å². The summed E-state index contributed by atoms with van der Waals surface area (Å²) in [6.45, 7) is 1.70. The van der Waals surface area contributed by atoms with Gasteiger partial charge in [-0.15, -0.1) is 0 Å². The maximum absolute atomic E-state index is 12.8. The first-order valence-electron chi connectivity index (χ1n) is 6.32. The molecule has 0 fully saturated rings. The molecule has 0 atom stereocenters. The number of hydrogen-bond donors (Lipinski definition) is 1. The predicted octanol–water partition coefficient (Wildman–Crippen LogP) is 2.85. The number of rotatable bonds is 3. The average molecular weight is 255 g/mol. The standard InChI is InChI=1S/C16H14FNO/c17-15-5-1-11(2-6-15)7-16(19)12-3-4-13-9-18-10-14(13)8-12/h1-6,8,18H,7,9-10H2. The van der Waals surface area contributed by atoms with Gasteiger partial charge in [0, 0.05) is 25.1 Å². The second-order valence-electron chi connectivity index (χ2n) is 4.81. The van der Waals surface area contributed by atoms with Crippen LogP contribution in [0.5, 0.6) is 0 Å². The molecule has 0 amide bonds. The van der Waals surface area contributed by atoms with Crippen molar-refractivity contribution in [3.63, 3.8) is 0 Å². The molecule has 0 saturated heterocycles. The fourth-order valence-corrected chi connectivity index (χ4v) is 2.36. The van der Waals surface area contributed by atoms with Gasteiger partial charge in [0.15, 0.2) is 5.78 Å². The molecule has 2 nitrogen and oxygen atoms in total. The number of halogens is 1. The second-order valence-corrected chi connectivity index (χ2v) is 4.81. The largest absolute Gasteiger partial charge is 0.309 e. The first kappa shape index (κ1) is 12.1. The smallest absolute Gasteiger partial charge is 0.167 e. The van der Waals surface area contributed by atoms with E-state index in [9.17, 15) is 9.18 Å². The lowest BCUT2D eigenvalue weighted by molar-refractivity contribution is 0.0993. The third kappa shape index (κ3) is 2.56. The zero-order chi connectivity index (χ0) is 13.2. The molecule has 1 N–H and O–H groups in total. The number of ketones is 1. The summed E-state index contributed by atoms with van der Waals surface area (Å²) in [6.07, 6.45) is 0.312. The van der Waals surface area contributed by atoms with Crippen molar-refractivity contribution in [2.45, 2.75) is 19.5 Å². The van der Waals surface area contributed by atoms with Crippen LogP contribution in [-0.2, 0) is 19.5 Å². The molecule has 1 heterocycles. The molecule has 1 aliphatic heterocycles. The Hall–Kier alpha value is -2.00. The van der Waals surface area contributed by atoms with Crippen LogP contribution in [0.2, 0.25) is 0 Å². The second kappa shape index (κ2) is 4.94. The molecule has 1 aliphatic rings. The lowest BCUT2D eigenvalue weighted by Gasteiger charge is -2.04. The third-order valence-corrected chi connectivity index (χ3v) is 3.44. The van der Waals surface area contributed by atoms with E-state index in [-0.39, 0.29) is 11.6 Å². The van der Waals surface area contributed by atoms with Crippen molar-refractivity contribution < 1.29 is 9.18 Å². The summed E-state index contributed by atoms with van der Waals surface area (Å²) < 4.78 is 12.8. The number of benzene rings is 2. The molecule has 19 heavy (non-hydrogen) atoms. The van der Waals surface area contributed by atoms with Crippen LogP contribution in [0.15, 0.2) is 42.5 Å². The van der Waals surface area contributed by atoms with Gasteiger partial charge >= 0.3 is 0 Å². The van der Waals surface area contributed by atoms with E-state index in [4.69, 9.17) is 0 Å². The Bertz CT molecular complexity index is 619. The van der Waals surface area contributed by atoms with E-state index in [1.54, 1.807) is 12.1 Å². The Morgan fingerprint density at radius 2 is 1.79 bits per heavy atom. The Balaban J connectivity index is 1.78. The molecular weight excluding hydrogens is 241 g/mol. The van der Waals surface area contributed by atoms with Crippen LogP contribution < -0.4 is 5.32 Å². The molecule has 0 aromatic heterocycles. The summed E-state index contributed by atoms with van der Waals surface area (Å²) in [5.41, 5.74) is 4.03. The van der Waals surface area contributed by atoms with E-state index in [2.05, 4.69) is 5.32 Å². The van der Waals surface area contributed by atoms with Gasteiger partial charge in [-0.1, -0.05) is 24.3 Å². The van der Waals surface area contributed by atoms with Crippen LogP contribution in [0.4, 0.5) is 4.39 Å². The van der Waals surface area contributed by atoms with Crippen LogP contribution in [0.1, 0.15) is 27.0 Å². The Morgan fingerprint density at radius 3 is 2.58 bits per heavy atom. The van der Waals surface area contributed by atoms with Gasteiger partial charge in [-0.2, -0.15) is 0 Å². The summed E-state index contributed by atoms with van der Waals surface area (Å²) in [6, 6.07) is 11.9. The number of Topliss-reactive ketones (excluding diaryl/α,β-unsaturated/α-hetero) is 1. The minimum atomic E-state index is -0.278. The molecule has 0 saturated carbocycles. The van der Waals surface area contributed by atoms with Gasteiger partial charge in [0.2, 0.25) is 0 Å². The molecule has 0 radical (unpaired) electrons. The van der Waals surface area contributed by atoms with Crippen molar-refractivity contribution in [2.24, 2.45) is 0 Å². The number of fused-ring (bicyclic) bond motifs is 1. The third-order valence-electron chi connectivity index (χ3n) is 3.44. The highest BCUT2D eigenvalue weighted by Crippen LogP contribution is 2.18. The van der Waals surface area contributed by atoms with Gasteiger partial charge in [-0.25, -0.2) is 4.39 Å². The Kier molecular flexibility index (Phi) is 3.13. The van der Waals surface area contributed by atoms with Crippen LogP contribution in [0.25, 0.3) is 0 Å². The summed E-state index contributed by atoms with van der Waals surface area (Å²) in [7, 11) is 0. The van der Waals surface area contributed by atoms with E-state index in [1.165, 1.54) is 23.3 Å². The minimum absolute atomic E-state index is 0.0707. The van der Waals surface area contributed by atoms with Gasteiger partial charge in [0.05, 0.1) is 0 Å². The summed E-state index contributed by atoms with van der Waals surface area (Å²) >= 11 is 0. The molecule has 3 heteroatoms. The summed E-state index contributed by atoms with van der Waals surface area (Å²) in [4.78, 5) is 12.2. The normalized spacial score (nSPS) is 13.3. The highest BCUT2D eigenvalue weighted by atomic mass is 19.1. The SMILES string of the molecule is O=C(Cc1ccc(F)cc1)c1ccc2c(c1)CNC2. The molecular formula is C16H14FNO. The molecule has 0 bridgehead atoms. The monoisotopic (exact) mass is 255 g/mol. The molecule has 0 unspecified atom stereocenters. The van der Waals surface area contributed by atoms with Gasteiger partial charge < -0.3 is 5.32 Å². The molecule has 2 aromatic carbocycles. The Labute approximate surface area is 111 Å². The van der Waals surface area contributed by atoms with Crippen molar-refractivity contribution in [3.8, 4) is 0 Å². The quantitative estimate of drug-likeness (QED) is 0.854. The lowest BCUT2D eigenvalue weighted by atomic mass is 9.99. The van der Waals surface area contributed by atoms with Crippen molar-refractivity contribution in [1.29, 1.82) is 0 Å². The fourth-order valence-electron chi connectivity index (χ4n) is 2.36. The molecule has 96 valence electrons. The fraction of sp³-hybridized carbons (Fsp3) is 0.188. The van der Waals surface area contributed by atoms with Gasteiger partial charge in [0.25, 0.3) is 0 Å². The maximum atomic E-state index is 12.8. The Morgan fingerprint density at radius 1 is 1.05 bits per heavy atom. The molecule has 2 aromatic rings. The number of carbonyl (C=O) groups is 1. The van der Waals surface area contributed by atoms with E-state index >= 15 is 0 Å². The van der Waals surface area contributed by atoms with E-state index in [0.717, 1.165) is 24.2 Å². The first-order chi connectivity index (χ1) is 9.22. The van der Waals surface area contributed by atoms with Crippen LogP contribution >= 0.6 is 0 Å².